The first-order valence-corrected chi connectivity index (χ1v) is 6.15. The molecule has 0 saturated carbocycles. The summed E-state index contributed by atoms with van der Waals surface area (Å²) in [5.41, 5.74) is -0.850. The summed E-state index contributed by atoms with van der Waals surface area (Å²) in [5, 5.41) is 17.7. The lowest BCUT2D eigenvalue weighted by atomic mass is 9.97. The number of fused-ring (bicyclic) bond motifs is 1. The van der Waals surface area contributed by atoms with E-state index in [0.29, 0.717) is 16.7 Å². The molecule has 2 aromatic rings. The van der Waals surface area contributed by atoms with Crippen molar-refractivity contribution in [1.29, 1.82) is 0 Å². The van der Waals surface area contributed by atoms with Crippen LogP contribution in [0.15, 0.2) is 12.4 Å². The van der Waals surface area contributed by atoms with E-state index >= 15 is 0 Å². The second kappa shape index (κ2) is 4.70. The number of hydrogen-bond acceptors (Lipinski definition) is 5. The van der Waals surface area contributed by atoms with Crippen LogP contribution in [0.25, 0.3) is 5.78 Å². The molecule has 0 aliphatic carbocycles. The first-order chi connectivity index (χ1) is 8.41. The molecular weight excluding hydrogens is 254 g/mol. The Kier molecular flexibility index (Phi) is 3.41. The molecule has 98 valence electrons. The summed E-state index contributed by atoms with van der Waals surface area (Å²) in [5.74, 6) is 1.09. The topological polar surface area (TPSA) is 75.3 Å². The van der Waals surface area contributed by atoms with Gasteiger partial charge in [0, 0.05) is 6.07 Å². The van der Waals surface area contributed by atoms with E-state index in [-0.39, 0.29) is 6.04 Å². The minimum absolute atomic E-state index is 0.122. The van der Waals surface area contributed by atoms with Gasteiger partial charge in [-0.2, -0.15) is 19.6 Å². The van der Waals surface area contributed by atoms with E-state index in [4.69, 9.17) is 11.6 Å². The van der Waals surface area contributed by atoms with Crippen molar-refractivity contribution in [2.24, 2.45) is 0 Å². The molecule has 18 heavy (non-hydrogen) atoms. The molecule has 0 saturated heterocycles. The molecule has 1 atom stereocenters. The van der Waals surface area contributed by atoms with Crippen molar-refractivity contribution in [2.75, 3.05) is 5.32 Å². The third-order valence-corrected chi connectivity index (χ3v) is 3.00. The first kappa shape index (κ1) is 13.0. The van der Waals surface area contributed by atoms with Crippen LogP contribution in [0.3, 0.4) is 0 Å². The molecule has 0 spiro atoms. The molecule has 6 nitrogen and oxygen atoms in total. The smallest absolute Gasteiger partial charge is 0.255 e. The van der Waals surface area contributed by atoms with Gasteiger partial charge in [-0.05, 0) is 20.3 Å². The largest absolute Gasteiger partial charge is 0.388 e. The standard InChI is InChI=1S/C11H16ClN5O/c1-4-7(11(2,3)18)15-9-5-8(12)16-10-13-6-14-17(9)10/h5-7,15,18H,4H2,1-3H3. The van der Waals surface area contributed by atoms with Crippen molar-refractivity contribution in [3.8, 4) is 0 Å². The first-order valence-electron chi connectivity index (χ1n) is 5.77. The van der Waals surface area contributed by atoms with Gasteiger partial charge in [-0.25, -0.2) is 0 Å². The SMILES string of the molecule is CCC(Nc1cc(Cl)nc2ncnn12)C(C)(C)O. The average Bonchev–Trinajstić information content (AvgIpc) is 2.71. The average molecular weight is 270 g/mol. The van der Waals surface area contributed by atoms with E-state index in [9.17, 15) is 5.11 Å². The van der Waals surface area contributed by atoms with Crippen molar-refractivity contribution in [2.45, 2.75) is 38.8 Å². The Labute approximate surface area is 110 Å². The Hall–Kier alpha value is -1.40. The number of aromatic nitrogens is 4. The number of nitrogens with zero attached hydrogens (tertiary/aromatic N) is 4. The number of halogens is 1. The fourth-order valence-corrected chi connectivity index (χ4v) is 2.02. The highest BCUT2D eigenvalue weighted by Gasteiger charge is 2.25. The lowest BCUT2D eigenvalue weighted by Crippen LogP contribution is -2.41. The van der Waals surface area contributed by atoms with Gasteiger partial charge in [0.2, 0.25) is 0 Å². The van der Waals surface area contributed by atoms with Crippen LogP contribution in [0.2, 0.25) is 5.15 Å². The quantitative estimate of drug-likeness (QED) is 0.827. The minimum atomic E-state index is -0.850. The molecule has 1 unspecified atom stereocenters. The third-order valence-electron chi connectivity index (χ3n) is 2.80. The van der Waals surface area contributed by atoms with E-state index in [1.54, 1.807) is 24.4 Å². The number of anilines is 1. The van der Waals surface area contributed by atoms with Gasteiger partial charge in [-0.1, -0.05) is 18.5 Å². The molecule has 2 rings (SSSR count). The van der Waals surface area contributed by atoms with Crippen LogP contribution < -0.4 is 5.32 Å². The lowest BCUT2D eigenvalue weighted by Gasteiger charge is -2.30. The molecule has 2 heterocycles. The number of rotatable bonds is 4. The van der Waals surface area contributed by atoms with E-state index in [1.165, 1.54) is 6.33 Å². The third kappa shape index (κ3) is 2.54. The maximum Gasteiger partial charge on any atom is 0.255 e. The van der Waals surface area contributed by atoms with Gasteiger partial charge in [0.1, 0.15) is 17.3 Å². The van der Waals surface area contributed by atoms with Crippen LogP contribution in [-0.4, -0.2) is 36.3 Å². The molecule has 2 N–H and O–H groups in total. The molecule has 2 aromatic heterocycles. The van der Waals surface area contributed by atoms with Gasteiger partial charge in [-0.3, -0.25) is 0 Å². The Morgan fingerprint density at radius 3 is 2.89 bits per heavy atom. The van der Waals surface area contributed by atoms with E-state index in [1.807, 2.05) is 6.92 Å². The Bertz CT molecular complexity index is 548. The van der Waals surface area contributed by atoms with Crippen LogP contribution in [0.1, 0.15) is 27.2 Å². The Morgan fingerprint density at radius 2 is 2.28 bits per heavy atom. The van der Waals surface area contributed by atoms with Crippen LogP contribution in [0.4, 0.5) is 5.82 Å². The fraction of sp³-hybridized carbons (Fsp3) is 0.545. The predicted molar refractivity (Wildman–Crippen MR) is 69.8 cm³/mol. The second-order valence-electron chi connectivity index (χ2n) is 4.69. The lowest BCUT2D eigenvalue weighted by molar-refractivity contribution is 0.0577. The van der Waals surface area contributed by atoms with Crippen LogP contribution >= 0.6 is 11.6 Å². The molecule has 7 heteroatoms. The molecule has 0 aliphatic rings. The van der Waals surface area contributed by atoms with Gasteiger partial charge < -0.3 is 10.4 Å². The van der Waals surface area contributed by atoms with Gasteiger partial charge >= 0.3 is 0 Å². The Morgan fingerprint density at radius 1 is 1.56 bits per heavy atom. The minimum Gasteiger partial charge on any atom is -0.388 e. The molecule has 0 fully saturated rings. The maximum absolute atomic E-state index is 10.1. The fourth-order valence-electron chi connectivity index (χ4n) is 1.84. The van der Waals surface area contributed by atoms with Crippen molar-refractivity contribution < 1.29 is 5.11 Å². The van der Waals surface area contributed by atoms with Crippen molar-refractivity contribution >= 4 is 23.2 Å². The van der Waals surface area contributed by atoms with Crippen LogP contribution in [0, 0.1) is 0 Å². The Balaban J connectivity index is 2.39. The van der Waals surface area contributed by atoms with E-state index < -0.39 is 5.60 Å². The molecule has 0 radical (unpaired) electrons. The summed E-state index contributed by atoms with van der Waals surface area (Å²) in [4.78, 5) is 8.03. The highest BCUT2D eigenvalue weighted by molar-refractivity contribution is 6.29. The van der Waals surface area contributed by atoms with E-state index in [2.05, 4.69) is 20.4 Å². The van der Waals surface area contributed by atoms with E-state index in [0.717, 1.165) is 6.42 Å². The number of nitrogens with one attached hydrogen (secondary N) is 1. The van der Waals surface area contributed by atoms with Gasteiger partial charge in [0.05, 0.1) is 11.6 Å². The second-order valence-corrected chi connectivity index (χ2v) is 5.08. The monoisotopic (exact) mass is 269 g/mol. The van der Waals surface area contributed by atoms with Crippen molar-refractivity contribution in [3.63, 3.8) is 0 Å². The highest BCUT2D eigenvalue weighted by atomic mass is 35.5. The van der Waals surface area contributed by atoms with Crippen molar-refractivity contribution in [3.05, 3.63) is 17.5 Å². The van der Waals surface area contributed by atoms with Gasteiger partial charge in [0.25, 0.3) is 5.78 Å². The van der Waals surface area contributed by atoms with Crippen molar-refractivity contribution in [1.82, 2.24) is 19.6 Å². The molecule has 0 bridgehead atoms. The normalized spacial score (nSPS) is 13.8. The molecular formula is C11H16ClN5O. The number of hydrogen-bond donors (Lipinski definition) is 2. The highest BCUT2D eigenvalue weighted by Crippen LogP contribution is 2.20. The van der Waals surface area contributed by atoms with Gasteiger partial charge in [-0.15, -0.1) is 0 Å². The summed E-state index contributed by atoms with van der Waals surface area (Å²) in [6.07, 6.45) is 2.18. The van der Waals surface area contributed by atoms with Gasteiger partial charge in [0.15, 0.2) is 0 Å². The molecule has 0 aliphatic heterocycles. The van der Waals surface area contributed by atoms with Crippen LogP contribution in [-0.2, 0) is 0 Å². The number of aliphatic hydroxyl groups is 1. The summed E-state index contributed by atoms with van der Waals surface area (Å²) >= 11 is 5.93. The zero-order chi connectivity index (χ0) is 13.3. The molecule has 0 amide bonds. The zero-order valence-corrected chi connectivity index (χ0v) is 11.3. The summed E-state index contributed by atoms with van der Waals surface area (Å²) in [6, 6.07) is 1.54. The molecule has 0 aromatic carbocycles. The van der Waals surface area contributed by atoms with Crippen LogP contribution in [0.5, 0.6) is 0 Å². The summed E-state index contributed by atoms with van der Waals surface area (Å²) in [7, 11) is 0. The predicted octanol–water partition coefficient (Wildman–Crippen LogP) is 1.74. The zero-order valence-electron chi connectivity index (χ0n) is 10.6. The summed E-state index contributed by atoms with van der Waals surface area (Å²) in [6.45, 7) is 5.52. The maximum atomic E-state index is 10.1. The summed E-state index contributed by atoms with van der Waals surface area (Å²) < 4.78 is 1.56.